The summed E-state index contributed by atoms with van der Waals surface area (Å²) in [6.07, 6.45) is 1.12. The fourth-order valence-electron chi connectivity index (χ4n) is 4.18. The standard InChI is InChI=1S/C25H28N2O9S/c1-15-16(2)21-19(17(3)20(15)28)11-12-25(4,35-21)24(29)34-14-8-13-33-22-23(27(30)36-26-22)37(31,32)18-9-6-5-7-10-18/h5-7,9-10,28H,8,11-14H2,1-4H3. The van der Waals surface area contributed by atoms with Crippen LogP contribution in [0.15, 0.2) is 44.9 Å². The molecule has 11 nitrogen and oxygen atoms in total. The number of sulfone groups is 1. The molecule has 0 amide bonds. The van der Waals surface area contributed by atoms with Gasteiger partial charge in [-0.1, -0.05) is 18.2 Å². The molecule has 3 aromatic rings. The Morgan fingerprint density at radius 3 is 2.57 bits per heavy atom. The molecule has 4 rings (SSSR count). The molecule has 1 aromatic heterocycles. The third-order valence-corrected chi connectivity index (χ3v) is 8.29. The lowest BCUT2D eigenvalue weighted by Gasteiger charge is -2.35. The van der Waals surface area contributed by atoms with Crippen LogP contribution in [0.2, 0.25) is 0 Å². The predicted molar refractivity (Wildman–Crippen MR) is 128 cm³/mol. The first-order valence-electron chi connectivity index (χ1n) is 11.7. The van der Waals surface area contributed by atoms with Crippen LogP contribution >= 0.6 is 0 Å². The Labute approximate surface area is 214 Å². The second-order valence-corrected chi connectivity index (χ2v) is 10.9. The average Bonchev–Trinajstić information content (AvgIpc) is 3.27. The number of phenols is 1. The molecule has 1 N–H and O–H groups in total. The Bertz CT molecular complexity index is 1430. The van der Waals surface area contributed by atoms with E-state index in [1.165, 1.54) is 24.3 Å². The topological polar surface area (TPSA) is 152 Å². The van der Waals surface area contributed by atoms with Crippen LogP contribution in [0, 0.1) is 26.0 Å². The number of fused-ring (bicyclic) bond motifs is 1. The van der Waals surface area contributed by atoms with E-state index in [1.54, 1.807) is 19.9 Å². The number of carbonyl (C=O) groups is 1. The summed E-state index contributed by atoms with van der Waals surface area (Å²) >= 11 is 0. The van der Waals surface area contributed by atoms with Crippen molar-refractivity contribution in [3.05, 3.63) is 57.8 Å². The Morgan fingerprint density at radius 2 is 1.86 bits per heavy atom. The van der Waals surface area contributed by atoms with Crippen LogP contribution in [-0.2, 0) is 25.8 Å². The van der Waals surface area contributed by atoms with Gasteiger partial charge in [-0.15, -0.1) is 0 Å². The molecule has 0 fully saturated rings. The second kappa shape index (κ2) is 9.92. The highest BCUT2D eigenvalue weighted by molar-refractivity contribution is 7.91. The molecular formula is C25H28N2O9S. The van der Waals surface area contributed by atoms with Crippen molar-refractivity contribution < 1.29 is 42.1 Å². The summed E-state index contributed by atoms with van der Waals surface area (Å²) in [6.45, 7) is 7.00. The third-order valence-electron chi connectivity index (χ3n) is 6.57. The van der Waals surface area contributed by atoms with E-state index in [2.05, 4.69) is 9.79 Å². The molecule has 1 aliphatic rings. The zero-order valence-corrected chi connectivity index (χ0v) is 21.8. The number of esters is 1. The van der Waals surface area contributed by atoms with E-state index in [0.717, 1.165) is 16.7 Å². The number of hydrogen-bond donors (Lipinski definition) is 1. The summed E-state index contributed by atoms with van der Waals surface area (Å²) in [7, 11) is -4.22. The molecule has 2 heterocycles. The molecule has 0 saturated heterocycles. The minimum Gasteiger partial charge on any atom is -0.507 e. The summed E-state index contributed by atoms with van der Waals surface area (Å²) in [5, 5.41) is 24.9. The van der Waals surface area contributed by atoms with Crippen LogP contribution < -0.4 is 14.4 Å². The van der Waals surface area contributed by atoms with Gasteiger partial charge in [0.15, 0.2) is 0 Å². The first-order chi connectivity index (χ1) is 17.5. The van der Waals surface area contributed by atoms with Crippen LogP contribution in [0.5, 0.6) is 17.4 Å². The smallest absolute Gasteiger partial charge is 0.414 e. The molecular weight excluding hydrogens is 504 g/mol. The number of carbonyl (C=O) groups excluding carboxylic acids is 1. The molecule has 37 heavy (non-hydrogen) atoms. The minimum atomic E-state index is -4.22. The summed E-state index contributed by atoms with van der Waals surface area (Å²) in [6, 6.07) is 7.36. The van der Waals surface area contributed by atoms with Gasteiger partial charge in [-0.3, -0.25) is 4.63 Å². The van der Waals surface area contributed by atoms with Gasteiger partial charge in [-0.05, 0) is 67.8 Å². The summed E-state index contributed by atoms with van der Waals surface area (Å²) in [4.78, 5) is 12.5. The van der Waals surface area contributed by atoms with Crippen LogP contribution in [0.3, 0.4) is 0 Å². The van der Waals surface area contributed by atoms with Gasteiger partial charge in [0.1, 0.15) is 11.5 Å². The predicted octanol–water partition coefficient (Wildman–Crippen LogP) is 2.87. The molecule has 0 saturated carbocycles. The first-order valence-corrected chi connectivity index (χ1v) is 13.2. The summed E-state index contributed by atoms with van der Waals surface area (Å²) in [5.41, 5.74) is 1.89. The molecule has 0 radical (unpaired) electrons. The van der Waals surface area contributed by atoms with Crippen molar-refractivity contribution in [2.45, 2.75) is 62.5 Å². The van der Waals surface area contributed by atoms with Gasteiger partial charge in [-0.2, -0.15) is 0 Å². The maximum Gasteiger partial charge on any atom is 0.414 e. The van der Waals surface area contributed by atoms with Gasteiger partial charge in [-0.25, -0.2) is 13.2 Å². The van der Waals surface area contributed by atoms with Crippen LogP contribution in [0.1, 0.15) is 42.0 Å². The Balaban J connectivity index is 1.35. The number of aromatic hydroxyl groups is 1. The molecule has 0 spiro atoms. The monoisotopic (exact) mass is 532 g/mol. The molecule has 12 heteroatoms. The molecule has 0 bridgehead atoms. The lowest BCUT2D eigenvalue weighted by Crippen LogP contribution is -2.46. The van der Waals surface area contributed by atoms with Gasteiger partial charge in [0.2, 0.25) is 5.60 Å². The van der Waals surface area contributed by atoms with Crippen LogP contribution in [0.25, 0.3) is 0 Å². The molecule has 1 aliphatic heterocycles. The number of nitrogens with zero attached hydrogens (tertiary/aromatic N) is 2. The molecule has 2 aromatic carbocycles. The quantitative estimate of drug-likeness (QED) is 0.260. The van der Waals surface area contributed by atoms with E-state index < -0.39 is 32.3 Å². The maximum atomic E-state index is 12.9. The van der Waals surface area contributed by atoms with Crippen molar-refractivity contribution in [1.29, 1.82) is 0 Å². The summed E-state index contributed by atoms with van der Waals surface area (Å²) in [5.74, 6) is -0.202. The van der Waals surface area contributed by atoms with E-state index in [-0.39, 0.29) is 35.2 Å². The number of benzene rings is 2. The molecule has 0 aliphatic carbocycles. The van der Waals surface area contributed by atoms with E-state index in [9.17, 15) is 23.5 Å². The number of rotatable bonds is 8. The van der Waals surface area contributed by atoms with Gasteiger partial charge >= 0.3 is 16.9 Å². The van der Waals surface area contributed by atoms with Crippen molar-refractivity contribution in [3.8, 4) is 17.4 Å². The average molecular weight is 533 g/mol. The van der Waals surface area contributed by atoms with Crippen molar-refractivity contribution in [1.82, 2.24) is 5.16 Å². The molecule has 198 valence electrons. The zero-order valence-electron chi connectivity index (χ0n) is 20.9. The van der Waals surface area contributed by atoms with Gasteiger partial charge in [0, 0.05) is 18.4 Å². The van der Waals surface area contributed by atoms with Crippen molar-refractivity contribution in [2.75, 3.05) is 13.2 Å². The third kappa shape index (κ3) is 4.80. The highest BCUT2D eigenvalue weighted by Gasteiger charge is 2.42. The largest absolute Gasteiger partial charge is 0.507 e. The Morgan fingerprint density at radius 1 is 1.16 bits per heavy atom. The normalized spacial score (nSPS) is 17.1. The lowest BCUT2D eigenvalue weighted by atomic mass is 9.87. The van der Waals surface area contributed by atoms with Gasteiger partial charge in [0.05, 0.1) is 23.3 Å². The highest BCUT2D eigenvalue weighted by atomic mass is 32.2. The van der Waals surface area contributed by atoms with E-state index >= 15 is 0 Å². The minimum absolute atomic E-state index is 0.0345. The van der Waals surface area contributed by atoms with Gasteiger partial charge < -0.3 is 24.5 Å². The van der Waals surface area contributed by atoms with Crippen LogP contribution in [-0.4, -0.2) is 43.5 Å². The van der Waals surface area contributed by atoms with E-state index in [4.69, 9.17) is 14.2 Å². The van der Waals surface area contributed by atoms with Crippen molar-refractivity contribution in [2.24, 2.45) is 0 Å². The van der Waals surface area contributed by atoms with Crippen molar-refractivity contribution >= 4 is 15.8 Å². The number of ether oxygens (including phenoxy) is 3. The SMILES string of the molecule is Cc1c(C)c2c(c(C)c1O)CCC(C)(C(=O)OCCCOc1no[n+]([O-])c1S(=O)(=O)c1ccccc1)O2. The number of hydrogen-bond acceptors (Lipinski definition) is 10. The van der Waals surface area contributed by atoms with Crippen LogP contribution in [0.4, 0.5) is 0 Å². The first kappa shape index (κ1) is 26.3. The van der Waals surface area contributed by atoms with Gasteiger partial charge in [0.25, 0.3) is 9.84 Å². The molecule has 1 atom stereocenters. The highest BCUT2D eigenvalue weighted by Crippen LogP contribution is 2.43. The molecule has 1 unspecified atom stereocenters. The Kier molecular flexibility index (Phi) is 7.05. The van der Waals surface area contributed by atoms with Crippen molar-refractivity contribution in [3.63, 3.8) is 0 Å². The Hall–Kier alpha value is -3.80. The second-order valence-electron chi connectivity index (χ2n) is 9.06. The zero-order chi connectivity index (χ0) is 27.0. The van der Waals surface area contributed by atoms with E-state index in [0.29, 0.717) is 24.2 Å². The number of aromatic nitrogens is 2. The summed E-state index contributed by atoms with van der Waals surface area (Å²) < 4.78 is 46.9. The number of phenolic OH excluding ortho intramolecular Hbond substituents is 1. The van der Waals surface area contributed by atoms with E-state index in [1.807, 2.05) is 13.8 Å². The maximum absolute atomic E-state index is 12.9. The fourth-order valence-corrected chi connectivity index (χ4v) is 5.47. The fraction of sp³-hybridized carbons (Fsp3) is 0.400. The lowest BCUT2D eigenvalue weighted by molar-refractivity contribution is -0.832.